The van der Waals surface area contributed by atoms with Crippen molar-refractivity contribution in [2.24, 2.45) is 11.3 Å². The topological polar surface area (TPSA) is 0 Å². The van der Waals surface area contributed by atoms with E-state index in [4.69, 9.17) is 0 Å². The van der Waals surface area contributed by atoms with E-state index < -0.39 is 0 Å². The van der Waals surface area contributed by atoms with E-state index in [1.165, 1.54) is 61.2 Å². The Labute approximate surface area is 320 Å². The van der Waals surface area contributed by atoms with Gasteiger partial charge in [0.1, 0.15) is 0 Å². The van der Waals surface area contributed by atoms with Crippen molar-refractivity contribution < 1.29 is 0 Å². The first-order valence-corrected chi connectivity index (χ1v) is 20.3. The van der Waals surface area contributed by atoms with E-state index in [-0.39, 0.29) is 5.41 Å². The van der Waals surface area contributed by atoms with Crippen LogP contribution in [0.4, 0.5) is 0 Å². The SMILES string of the molecule is CC12CC=CC=C1c1cc(-c3ccc4c(c3)C3=C(C=CCC3)C4Cc3ccc(-c4ccccc4)cc3)ccc1C1C(c3ccc(C4C=CC=CC4)cc3)C12. The van der Waals surface area contributed by atoms with Crippen LogP contribution in [0.2, 0.25) is 0 Å². The molecular weight excluding hydrogens is 649 g/mol. The Kier molecular flexibility index (Phi) is 7.45. The molecule has 0 heterocycles. The van der Waals surface area contributed by atoms with Gasteiger partial charge >= 0.3 is 0 Å². The first-order chi connectivity index (χ1) is 26.6. The molecule has 5 aromatic rings. The molecule has 262 valence electrons. The molecule has 0 amide bonds. The van der Waals surface area contributed by atoms with E-state index >= 15 is 0 Å². The summed E-state index contributed by atoms with van der Waals surface area (Å²) in [6.45, 7) is 2.55. The minimum Gasteiger partial charge on any atom is -0.0839 e. The van der Waals surface area contributed by atoms with Gasteiger partial charge in [-0.3, -0.25) is 0 Å². The van der Waals surface area contributed by atoms with Gasteiger partial charge in [-0.25, -0.2) is 0 Å². The number of allylic oxidation sites excluding steroid dienone is 12. The summed E-state index contributed by atoms with van der Waals surface area (Å²) in [4.78, 5) is 0. The van der Waals surface area contributed by atoms with Gasteiger partial charge in [-0.1, -0.05) is 165 Å². The summed E-state index contributed by atoms with van der Waals surface area (Å²) in [5.41, 5.74) is 20.4. The lowest BCUT2D eigenvalue weighted by atomic mass is 9.65. The van der Waals surface area contributed by atoms with Crippen molar-refractivity contribution >= 4 is 11.1 Å². The van der Waals surface area contributed by atoms with Gasteiger partial charge in [0.15, 0.2) is 0 Å². The zero-order valence-corrected chi connectivity index (χ0v) is 31.1. The molecule has 0 spiro atoms. The number of benzene rings is 5. The lowest BCUT2D eigenvalue weighted by molar-refractivity contribution is 0.363. The Morgan fingerprint density at radius 3 is 2.17 bits per heavy atom. The molecule has 6 aliphatic rings. The molecule has 0 aromatic heterocycles. The fourth-order valence-electron chi connectivity index (χ4n) is 11.1. The molecule has 6 aliphatic carbocycles. The van der Waals surface area contributed by atoms with E-state index in [2.05, 4.69) is 177 Å². The summed E-state index contributed by atoms with van der Waals surface area (Å²) in [5, 5.41) is 0. The van der Waals surface area contributed by atoms with Crippen LogP contribution >= 0.6 is 0 Å². The van der Waals surface area contributed by atoms with Crippen LogP contribution in [0.5, 0.6) is 0 Å². The summed E-state index contributed by atoms with van der Waals surface area (Å²) in [6, 6.07) is 44.6. The van der Waals surface area contributed by atoms with Crippen LogP contribution in [0.25, 0.3) is 33.4 Å². The van der Waals surface area contributed by atoms with Crippen molar-refractivity contribution in [2.75, 3.05) is 0 Å². The predicted octanol–water partition coefficient (Wildman–Crippen LogP) is 13.9. The molecule has 5 aromatic carbocycles. The molecular formula is C54H46. The highest BCUT2D eigenvalue weighted by Gasteiger charge is 2.64. The van der Waals surface area contributed by atoms with Gasteiger partial charge in [0.2, 0.25) is 0 Å². The molecule has 54 heavy (non-hydrogen) atoms. The van der Waals surface area contributed by atoms with E-state index in [9.17, 15) is 0 Å². The zero-order chi connectivity index (χ0) is 35.8. The summed E-state index contributed by atoms with van der Waals surface area (Å²) >= 11 is 0. The van der Waals surface area contributed by atoms with Crippen LogP contribution in [0.1, 0.15) is 95.2 Å². The summed E-state index contributed by atoms with van der Waals surface area (Å²) in [7, 11) is 0. The van der Waals surface area contributed by atoms with Gasteiger partial charge < -0.3 is 0 Å². The van der Waals surface area contributed by atoms with E-state index in [0.717, 1.165) is 32.1 Å². The second-order valence-electron chi connectivity index (χ2n) is 16.8. The fourth-order valence-corrected chi connectivity index (χ4v) is 11.1. The van der Waals surface area contributed by atoms with Crippen LogP contribution in [-0.2, 0) is 6.42 Å². The van der Waals surface area contributed by atoms with E-state index in [1.54, 1.807) is 16.7 Å². The van der Waals surface area contributed by atoms with Crippen LogP contribution in [0.3, 0.4) is 0 Å². The van der Waals surface area contributed by atoms with Gasteiger partial charge in [-0.15, -0.1) is 0 Å². The van der Waals surface area contributed by atoms with Crippen molar-refractivity contribution in [1.29, 1.82) is 0 Å². The Hall–Kier alpha value is -5.46. The maximum atomic E-state index is 2.55. The smallest absolute Gasteiger partial charge is 0.0139 e. The van der Waals surface area contributed by atoms with Crippen molar-refractivity contribution in [3.05, 3.63) is 214 Å². The molecule has 0 nitrogen and oxygen atoms in total. The third-order valence-corrected chi connectivity index (χ3v) is 13.9. The molecule has 1 fully saturated rings. The number of rotatable bonds is 6. The van der Waals surface area contributed by atoms with Crippen molar-refractivity contribution in [3.63, 3.8) is 0 Å². The summed E-state index contributed by atoms with van der Waals surface area (Å²) < 4.78 is 0. The molecule has 6 atom stereocenters. The maximum Gasteiger partial charge on any atom is 0.0139 e. The molecule has 11 rings (SSSR count). The molecule has 0 bridgehead atoms. The number of hydrogen-bond donors (Lipinski definition) is 0. The minimum atomic E-state index is 0.157. The number of fused-ring (bicyclic) bond motifs is 8. The molecule has 0 aliphatic heterocycles. The monoisotopic (exact) mass is 694 g/mol. The molecule has 1 saturated carbocycles. The highest BCUT2D eigenvalue weighted by atomic mass is 14.7. The average Bonchev–Trinajstić information content (AvgIpc) is 3.94. The Morgan fingerprint density at radius 1 is 0.630 bits per heavy atom. The van der Waals surface area contributed by atoms with Crippen LogP contribution in [0.15, 0.2) is 176 Å². The molecule has 0 N–H and O–H groups in total. The molecule has 0 radical (unpaired) electrons. The van der Waals surface area contributed by atoms with E-state index in [0.29, 0.717) is 29.6 Å². The van der Waals surface area contributed by atoms with Gasteiger partial charge in [0, 0.05) is 17.3 Å². The third kappa shape index (κ3) is 5.10. The Balaban J connectivity index is 0.914. The second-order valence-corrected chi connectivity index (χ2v) is 16.8. The van der Waals surface area contributed by atoms with Crippen molar-refractivity contribution in [2.45, 2.75) is 62.7 Å². The first-order valence-electron chi connectivity index (χ1n) is 20.3. The minimum absolute atomic E-state index is 0.157. The summed E-state index contributed by atoms with van der Waals surface area (Å²) in [5.74, 6) is 2.70. The Bertz CT molecular complexity index is 2480. The number of hydrogen-bond acceptors (Lipinski definition) is 0. The fraction of sp³-hybridized carbons (Fsp3) is 0.222. The predicted molar refractivity (Wildman–Crippen MR) is 226 cm³/mol. The highest BCUT2D eigenvalue weighted by molar-refractivity contribution is 5.87. The second kappa shape index (κ2) is 12.6. The average molecular weight is 695 g/mol. The molecule has 0 heteroatoms. The molecule has 0 saturated heterocycles. The lowest BCUT2D eigenvalue weighted by Crippen LogP contribution is -2.27. The van der Waals surface area contributed by atoms with Gasteiger partial charge in [-0.2, -0.15) is 0 Å². The lowest BCUT2D eigenvalue weighted by Gasteiger charge is -2.39. The highest BCUT2D eigenvalue weighted by Crippen LogP contribution is 2.75. The Morgan fingerprint density at radius 2 is 1.37 bits per heavy atom. The van der Waals surface area contributed by atoms with Gasteiger partial charge in [0.05, 0.1) is 0 Å². The maximum absolute atomic E-state index is 2.55. The third-order valence-electron chi connectivity index (χ3n) is 13.9. The van der Waals surface area contributed by atoms with Crippen molar-refractivity contribution in [1.82, 2.24) is 0 Å². The molecule has 6 unspecified atom stereocenters. The normalized spacial score (nSPS) is 26.8. The zero-order valence-electron chi connectivity index (χ0n) is 31.1. The summed E-state index contributed by atoms with van der Waals surface area (Å²) in [6.07, 6.45) is 26.5. The largest absolute Gasteiger partial charge is 0.0839 e. The van der Waals surface area contributed by atoms with Gasteiger partial charge in [0.25, 0.3) is 0 Å². The van der Waals surface area contributed by atoms with Crippen molar-refractivity contribution in [3.8, 4) is 22.3 Å². The standard InChI is InChI=1S/C54H46/c1-54-31-11-10-18-50(54)49-34-42(28-30-46(49)52-51(53(52)54)40-25-23-39(24-26-40)37-14-6-3-7-15-37)41-27-29-45-47(43-16-8-9-17-44(43)48(45)33-41)32-35-19-21-38(22-20-35)36-12-4-2-5-13-36/h2-8,10-14,16,18-30,33-34,37,47,51-53H,9,15,17,31-32H2,1H3. The first kappa shape index (κ1) is 32.0. The quantitative estimate of drug-likeness (QED) is 0.166. The van der Waals surface area contributed by atoms with Crippen LogP contribution in [0, 0.1) is 11.3 Å². The van der Waals surface area contributed by atoms with Crippen LogP contribution < -0.4 is 0 Å². The van der Waals surface area contributed by atoms with Crippen LogP contribution in [-0.4, -0.2) is 0 Å². The van der Waals surface area contributed by atoms with Gasteiger partial charge in [-0.05, 0) is 140 Å². The van der Waals surface area contributed by atoms with E-state index in [1.807, 2.05) is 0 Å².